The average Bonchev–Trinajstić information content (AvgIpc) is 2.32. The Labute approximate surface area is 121 Å². The van der Waals surface area contributed by atoms with Gasteiger partial charge < -0.3 is 0 Å². The maximum absolute atomic E-state index is 13.1. The predicted molar refractivity (Wildman–Crippen MR) is 73.2 cm³/mol. The van der Waals surface area contributed by atoms with Crippen LogP contribution in [0.15, 0.2) is 36.4 Å². The first-order valence-corrected chi connectivity index (χ1v) is 6.54. The van der Waals surface area contributed by atoms with Gasteiger partial charge in [0.05, 0.1) is 5.38 Å². The molecule has 1 unspecified atom stereocenters. The van der Waals surface area contributed by atoms with Gasteiger partial charge >= 0.3 is 0 Å². The number of alkyl halides is 1. The first-order valence-electron chi connectivity index (χ1n) is 5.03. The van der Waals surface area contributed by atoms with Gasteiger partial charge in [-0.2, -0.15) is 0 Å². The molecule has 0 aliphatic heterocycles. The van der Waals surface area contributed by atoms with E-state index in [-0.39, 0.29) is 5.82 Å². The maximum Gasteiger partial charge on any atom is 0.159 e. The van der Waals surface area contributed by atoms with E-state index in [1.54, 1.807) is 0 Å². The summed E-state index contributed by atoms with van der Waals surface area (Å²) in [7, 11) is 0. The summed E-state index contributed by atoms with van der Waals surface area (Å²) in [5.74, 6) is -2.23. The molecule has 1 atom stereocenters. The molecular formula is C13H7ClF3I. The number of rotatable bonds is 2. The Bertz CT molecular complexity index is 586. The zero-order valence-electron chi connectivity index (χ0n) is 8.93. The summed E-state index contributed by atoms with van der Waals surface area (Å²) in [5, 5.41) is -0.646. The van der Waals surface area contributed by atoms with Gasteiger partial charge in [-0.1, -0.05) is 12.1 Å². The van der Waals surface area contributed by atoms with Gasteiger partial charge in [-0.15, -0.1) is 11.6 Å². The highest BCUT2D eigenvalue weighted by Crippen LogP contribution is 2.32. The summed E-state index contributed by atoms with van der Waals surface area (Å²) in [6, 6.07) is 7.65. The molecule has 0 bridgehead atoms. The van der Waals surface area contributed by atoms with Crippen LogP contribution >= 0.6 is 34.2 Å². The van der Waals surface area contributed by atoms with E-state index in [1.807, 2.05) is 22.6 Å². The minimum atomic E-state index is -0.949. The molecule has 5 heteroatoms. The van der Waals surface area contributed by atoms with Crippen molar-refractivity contribution >= 4 is 34.2 Å². The smallest absolute Gasteiger partial charge is 0.159 e. The molecule has 0 spiro atoms. The summed E-state index contributed by atoms with van der Waals surface area (Å²) in [4.78, 5) is 0. The molecule has 0 N–H and O–H groups in total. The van der Waals surface area contributed by atoms with Crippen LogP contribution in [0.4, 0.5) is 13.2 Å². The molecule has 2 aromatic carbocycles. The Morgan fingerprint density at radius 1 is 0.944 bits per heavy atom. The average molecular weight is 383 g/mol. The van der Waals surface area contributed by atoms with Crippen molar-refractivity contribution in [1.29, 1.82) is 0 Å². The monoisotopic (exact) mass is 382 g/mol. The molecule has 18 heavy (non-hydrogen) atoms. The SMILES string of the molecule is Fc1ccc(C(Cl)c2ccc(F)c(F)c2)c(I)c1. The van der Waals surface area contributed by atoms with E-state index in [4.69, 9.17) is 11.6 Å². The van der Waals surface area contributed by atoms with Gasteiger partial charge in [-0.25, -0.2) is 13.2 Å². The molecule has 0 amide bonds. The summed E-state index contributed by atoms with van der Waals surface area (Å²) < 4.78 is 39.6. The lowest BCUT2D eigenvalue weighted by Crippen LogP contribution is -1.98. The van der Waals surface area contributed by atoms with Crippen LogP contribution in [0.5, 0.6) is 0 Å². The van der Waals surface area contributed by atoms with Gasteiger partial charge in [0.1, 0.15) is 5.82 Å². The van der Waals surface area contributed by atoms with E-state index in [1.165, 1.54) is 24.3 Å². The lowest BCUT2D eigenvalue weighted by atomic mass is 10.0. The standard InChI is InChI=1S/C13H7ClF3I/c14-13(7-1-4-10(16)11(17)5-7)9-3-2-8(15)6-12(9)18/h1-6,13H. The minimum absolute atomic E-state index is 0.364. The normalized spacial score (nSPS) is 12.5. The third kappa shape index (κ3) is 2.80. The van der Waals surface area contributed by atoms with Crippen molar-refractivity contribution in [2.75, 3.05) is 0 Å². The maximum atomic E-state index is 13.1. The Balaban J connectivity index is 2.41. The Morgan fingerprint density at radius 3 is 2.28 bits per heavy atom. The summed E-state index contributed by atoms with van der Waals surface area (Å²) in [6.07, 6.45) is 0. The fourth-order valence-corrected chi connectivity index (χ4v) is 2.86. The molecule has 2 rings (SSSR count). The zero-order valence-corrected chi connectivity index (χ0v) is 11.8. The van der Waals surface area contributed by atoms with Crippen LogP contribution in [0.1, 0.15) is 16.5 Å². The van der Waals surface area contributed by atoms with Crippen LogP contribution < -0.4 is 0 Å². The van der Waals surface area contributed by atoms with Crippen molar-refractivity contribution < 1.29 is 13.2 Å². The number of hydrogen-bond acceptors (Lipinski definition) is 0. The molecule has 0 aromatic heterocycles. The van der Waals surface area contributed by atoms with Gasteiger partial charge in [0.2, 0.25) is 0 Å². The van der Waals surface area contributed by atoms with E-state index in [0.717, 1.165) is 12.1 Å². The van der Waals surface area contributed by atoms with Crippen molar-refractivity contribution in [2.45, 2.75) is 5.38 Å². The lowest BCUT2D eigenvalue weighted by molar-refractivity contribution is 0.507. The van der Waals surface area contributed by atoms with Crippen LogP contribution in [0.3, 0.4) is 0 Å². The van der Waals surface area contributed by atoms with Crippen molar-refractivity contribution in [3.63, 3.8) is 0 Å². The molecule has 0 saturated heterocycles. The van der Waals surface area contributed by atoms with Gasteiger partial charge in [0.25, 0.3) is 0 Å². The molecule has 0 saturated carbocycles. The molecule has 0 nitrogen and oxygen atoms in total. The number of hydrogen-bond donors (Lipinski definition) is 0. The predicted octanol–water partition coefficient (Wildman–Crippen LogP) is 5.04. The fraction of sp³-hybridized carbons (Fsp3) is 0.0769. The van der Waals surface area contributed by atoms with E-state index >= 15 is 0 Å². The molecular weight excluding hydrogens is 375 g/mol. The first-order chi connectivity index (χ1) is 8.49. The van der Waals surface area contributed by atoms with Crippen LogP contribution in [0.2, 0.25) is 0 Å². The number of halogens is 5. The molecule has 0 fully saturated rings. The van der Waals surface area contributed by atoms with Crippen molar-refractivity contribution in [1.82, 2.24) is 0 Å². The van der Waals surface area contributed by atoms with Gasteiger partial charge in [0, 0.05) is 3.57 Å². The second kappa shape index (κ2) is 5.48. The van der Waals surface area contributed by atoms with Crippen molar-refractivity contribution in [3.05, 3.63) is 68.5 Å². The quantitative estimate of drug-likeness (QED) is 0.504. The van der Waals surface area contributed by atoms with Crippen LogP contribution in [0.25, 0.3) is 0 Å². The molecule has 94 valence electrons. The largest absolute Gasteiger partial charge is 0.207 e. The van der Waals surface area contributed by atoms with E-state index in [2.05, 4.69) is 0 Å². The first kappa shape index (κ1) is 13.7. The van der Waals surface area contributed by atoms with Gasteiger partial charge in [-0.3, -0.25) is 0 Å². The molecule has 0 radical (unpaired) electrons. The Morgan fingerprint density at radius 2 is 1.67 bits per heavy atom. The summed E-state index contributed by atoms with van der Waals surface area (Å²) in [6.45, 7) is 0. The van der Waals surface area contributed by atoms with E-state index in [0.29, 0.717) is 14.7 Å². The zero-order chi connectivity index (χ0) is 13.3. The molecule has 0 aliphatic rings. The van der Waals surface area contributed by atoms with Crippen LogP contribution in [0, 0.1) is 21.0 Å². The highest BCUT2D eigenvalue weighted by atomic mass is 127. The molecule has 0 aliphatic carbocycles. The van der Waals surface area contributed by atoms with Gasteiger partial charge in [-0.05, 0) is 58.0 Å². The van der Waals surface area contributed by atoms with Gasteiger partial charge in [0.15, 0.2) is 11.6 Å². The van der Waals surface area contributed by atoms with Crippen LogP contribution in [-0.2, 0) is 0 Å². The second-order valence-electron chi connectivity index (χ2n) is 3.70. The fourth-order valence-electron chi connectivity index (χ4n) is 1.56. The van der Waals surface area contributed by atoms with E-state index in [9.17, 15) is 13.2 Å². The third-order valence-electron chi connectivity index (χ3n) is 2.47. The highest BCUT2D eigenvalue weighted by Gasteiger charge is 2.16. The third-order valence-corrected chi connectivity index (χ3v) is 3.89. The van der Waals surface area contributed by atoms with E-state index < -0.39 is 17.0 Å². The van der Waals surface area contributed by atoms with Crippen molar-refractivity contribution in [2.24, 2.45) is 0 Å². The minimum Gasteiger partial charge on any atom is -0.207 e. The Hall–Kier alpha value is -0.750. The van der Waals surface area contributed by atoms with Crippen LogP contribution in [-0.4, -0.2) is 0 Å². The van der Waals surface area contributed by atoms with Crippen molar-refractivity contribution in [3.8, 4) is 0 Å². The second-order valence-corrected chi connectivity index (χ2v) is 5.30. The Kier molecular flexibility index (Phi) is 4.17. The summed E-state index contributed by atoms with van der Waals surface area (Å²) >= 11 is 8.15. The molecule has 0 heterocycles. The summed E-state index contributed by atoms with van der Waals surface area (Å²) in [5.41, 5.74) is 1.09. The molecule has 2 aromatic rings. The topological polar surface area (TPSA) is 0 Å². The number of benzene rings is 2. The lowest BCUT2D eigenvalue weighted by Gasteiger charge is -2.12. The highest BCUT2D eigenvalue weighted by molar-refractivity contribution is 14.1.